The van der Waals surface area contributed by atoms with Crippen molar-refractivity contribution in [2.75, 3.05) is 0 Å². The van der Waals surface area contributed by atoms with Crippen molar-refractivity contribution in [3.63, 3.8) is 0 Å². The van der Waals surface area contributed by atoms with E-state index in [0.717, 1.165) is 32.1 Å². The minimum atomic E-state index is 0.216. The molecule has 2 aliphatic carbocycles. The fourth-order valence-corrected chi connectivity index (χ4v) is 2.97. The highest BCUT2D eigenvalue weighted by atomic mass is 16.1. The normalized spacial score (nSPS) is 34.1. The third-order valence-corrected chi connectivity index (χ3v) is 4.01. The maximum absolute atomic E-state index is 11.7. The Hall–Kier alpha value is -0.850. The zero-order valence-corrected chi connectivity index (χ0v) is 9.81. The molecule has 1 heteroatoms. The van der Waals surface area contributed by atoms with Gasteiger partial charge in [0.05, 0.1) is 0 Å². The summed E-state index contributed by atoms with van der Waals surface area (Å²) in [4.78, 5) is 11.7. The second-order valence-electron chi connectivity index (χ2n) is 5.35. The van der Waals surface area contributed by atoms with E-state index < -0.39 is 0 Å². The van der Waals surface area contributed by atoms with Crippen molar-refractivity contribution in [1.82, 2.24) is 0 Å². The summed E-state index contributed by atoms with van der Waals surface area (Å²) in [6.07, 6.45) is 7.01. The van der Waals surface area contributed by atoms with Crippen molar-refractivity contribution >= 4 is 5.78 Å². The van der Waals surface area contributed by atoms with E-state index in [-0.39, 0.29) is 5.41 Å². The van der Waals surface area contributed by atoms with Gasteiger partial charge in [-0.15, -0.1) is 0 Å². The van der Waals surface area contributed by atoms with Crippen LogP contribution in [0.2, 0.25) is 0 Å². The SMILES string of the molecule is C=C(CC)CC1CC(=O)CC2(C)CC=C12. The maximum atomic E-state index is 11.7. The van der Waals surface area contributed by atoms with Gasteiger partial charge in [-0.2, -0.15) is 0 Å². The van der Waals surface area contributed by atoms with E-state index in [1.54, 1.807) is 0 Å². The Morgan fingerprint density at radius 2 is 2.40 bits per heavy atom. The minimum Gasteiger partial charge on any atom is -0.300 e. The van der Waals surface area contributed by atoms with Crippen LogP contribution < -0.4 is 0 Å². The van der Waals surface area contributed by atoms with E-state index in [1.165, 1.54) is 11.1 Å². The summed E-state index contributed by atoms with van der Waals surface area (Å²) in [5.41, 5.74) is 3.04. The van der Waals surface area contributed by atoms with E-state index in [2.05, 4.69) is 26.5 Å². The third kappa shape index (κ3) is 1.80. The average molecular weight is 204 g/mol. The van der Waals surface area contributed by atoms with Crippen LogP contribution in [0.3, 0.4) is 0 Å². The molecular formula is C14H20O. The smallest absolute Gasteiger partial charge is 0.134 e. The molecule has 0 aromatic heterocycles. The second-order valence-corrected chi connectivity index (χ2v) is 5.35. The minimum absolute atomic E-state index is 0.216. The van der Waals surface area contributed by atoms with Gasteiger partial charge in [-0.05, 0) is 30.6 Å². The number of ketones is 1. The summed E-state index contributed by atoms with van der Waals surface area (Å²) >= 11 is 0. The first-order valence-electron chi connectivity index (χ1n) is 5.94. The highest BCUT2D eigenvalue weighted by Crippen LogP contribution is 2.53. The molecule has 0 heterocycles. The molecule has 0 radical (unpaired) electrons. The van der Waals surface area contributed by atoms with Crippen LogP contribution in [0.1, 0.15) is 46.0 Å². The standard InChI is InChI=1S/C14H20O/c1-4-10(2)7-11-8-12(15)9-14(3)6-5-13(11)14/h5,11H,2,4,6-9H2,1,3H3. The molecule has 2 rings (SSSR count). The summed E-state index contributed by atoms with van der Waals surface area (Å²) < 4.78 is 0. The average Bonchev–Trinajstić information content (AvgIpc) is 2.13. The predicted octanol–water partition coefficient (Wildman–Crippen LogP) is 3.66. The monoisotopic (exact) mass is 204 g/mol. The lowest BCUT2D eigenvalue weighted by Gasteiger charge is -2.46. The quantitative estimate of drug-likeness (QED) is 0.641. The fraction of sp³-hybridized carbons (Fsp3) is 0.643. The van der Waals surface area contributed by atoms with Gasteiger partial charge in [-0.25, -0.2) is 0 Å². The molecule has 1 nitrogen and oxygen atoms in total. The lowest BCUT2D eigenvalue weighted by Crippen LogP contribution is -2.39. The van der Waals surface area contributed by atoms with Crippen molar-refractivity contribution in [1.29, 1.82) is 0 Å². The molecule has 15 heavy (non-hydrogen) atoms. The van der Waals surface area contributed by atoms with Crippen LogP contribution in [-0.4, -0.2) is 5.78 Å². The molecule has 0 bridgehead atoms. The largest absolute Gasteiger partial charge is 0.300 e. The highest BCUT2D eigenvalue weighted by Gasteiger charge is 2.44. The molecule has 0 saturated heterocycles. The maximum Gasteiger partial charge on any atom is 0.134 e. The van der Waals surface area contributed by atoms with Crippen molar-refractivity contribution in [3.05, 3.63) is 23.8 Å². The van der Waals surface area contributed by atoms with E-state index in [4.69, 9.17) is 0 Å². The van der Waals surface area contributed by atoms with Crippen molar-refractivity contribution in [2.24, 2.45) is 11.3 Å². The lowest BCUT2D eigenvalue weighted by molar-refractivity contribution is -0.123. The van der Waals surface area contributed by atoms with Gasteiger partial charge in [0.1, 0.15) is 5.78 Å². The van der Waals surface area contributed by atoms with Crippen molar-refractivity contribution in [2.45, 2.75) is 46.0 Å². The van der Waals surface area contributed by atoms with Gasteiger partial charge in [0, 0.05) is 12.8 Å². The zero-order chi connectivity index (χ0) is 11.1. The molecule has 0 amide bonds. The Kier molecular flexibility index (Phi) is 2.57. The molecule has 2 aliphatic rings. The number of allylic oxidation sites excluding steroid dienone is 3. The first-order chi connectivity index (χ1) is 7.05. The number of hydrogen-bond donors (Lipinski definition) is 0. The molecule has 0 spiro atoms. The van der Waals surface area contributed by atoms with Gasteiger partial charge in [-0.3, -0.25) is 4.79 Å². The van der Waals surface area contributed by atoms with E-state index in [0.29, 0.717) is 11.7 Å². The summed E-state index contributed by atoms with van der Waals surface area (Å²) in [6.45, 7) is 8.44. The lowest BCUT2D eigenvalue weighted by atomic mass is 9.57. The summed E-state index contributed by atoms with van der Waals surface area (Å²) in [5.74, 6) is 0.917. The molecule has 1 saturated carbocycles. The van der Waals surface area contributed by atoms with E-state index in [1.807, 2.05) is 0 Å². The van der Waals surface area contributed by atoms with E-state index >= 15 is 0 Å². The summed E-state index contributed by atoms with van der Waals surface area (Å²) in [7, 11) is 0. The van der Waals surface area contributed by atoms with Crippen molar-refractivity contribution < 1.29 is 4.79 Å². The van der Waals surface area contributed by atoms with Crippen LogP contribution in [0.25, 0.3) is 0 Å². The number of rotatable bonds is 3. The van der Waals surface area contributed by atoms with Crippen LogP contribution in [-0.2, 0) is 4.79 Å². The molecule has 0 aliphatic heterocycles. The Balaban J connectivity index is 2.11. The number of fused-ring (bicyclic) bond motifs is 1. The second kappa shape index (κ2) is 3.62. The third-order valence-electron chi connectivity index (χ3n) is 4.01. The number of Topliss-reactive ketones (excluding diaryl/α,β-unsaturated/α-hetero) is 1. The Labute approximate surface area is 92.3 Å². The van der Waals surface area contributed by atoms with E-state index in [9.17, 15) is 4.79 Å². The molecule has 1 fully saturated rings. The highest BCUT2D eigenvalue weighted by molar-refractivity contribution is 5.82. The summed E-state index contributed by atoms with van der Waals surface area (Å²) in [5, 5.41) is 0. The van der Waals surface area contributed by atoms with Gasteiger partial charge in [0.2, 0.25) is 0 Å². The molecule has 82 valence electrons. The molecular weight excluding hydrogens is 184 g/mol. The predicted molar refractivity (Wildman–Crippen MR) is 62.6 cm³/mol. The van der Waals surface area contributed by atoms with Gasteiger partial charge in [-0.1, -0.05) is 37.6 Å². The van der Waals surface area contributed by atoms with Gasteiger partial charge in [0.25, 0.3) is 0 Å². The van der Waals surface area contributed by atoms with Crippen LogP contribution in [0, 0.1) is 11.3 Å². The first kappa shape index (κ1) is 10.7. The Morgan fingerprint density at radius 1 is 1.67 bits per heavy atom. The van der Waals surface area contributed by atoms with Gasteiger partial charge in [0.15, 0.2) is 0 Å². The molecule has 0 aromatic rings. The number of carbonyl (C=O) groups excluding carboxylic acids is 1. The Morgan fingerprint density at radius 3 is 2.93 bits per heavy atom. The number of hydrogen-bond acceptors (Lipinski definition) is 1. The molecule has 0 N–H and O–H groups in total. The first-order valence-corrected chi connectivity index (χ1v) is 5.94. The number of carbonyl (C=O) groups is 1. The van der Waals surface area contributed by atoms with Gasteiger partial charge < -0.3 is 0 Å². The summed E-state index contributed by atoms with van der Waals surface area (Å²) in [6, 6.07) is 0. The molecule has 2 atom stereocenters. The Bertz CT molecular complexity index is 337. The van der Waals surface area contributed by atoms with Crippen LogP contribution >= 0.6 is 0 Å². The molecule has 2 unspecified atom stereocenters. The topological polar surface area (TPSA) is 17.1 Å². The molecule has 0 aromatic carbocycles. The fourth-order valence-electron chi connectivity index (χ4n) is 2.97. The van der Waals surface area contributed by atoms with Crippen LogP contribution in [0.15, 0.2) is 23.8 Å². The zero-order valence-electron chi connectivity index (χ0n) is 9.81. The van der Waals surface area contributed by atoms with Crippen molar-refractivity contribution in [3.8, 4) is 0 Å². The van der Waals surface area contributed by atoms with Crippen LogP contribution in [0.4, 0.5) is 0 Å². The van der Waals surface area contributed by atoms with Crippen LogP contribution in [0.5, 0.6) is 0 Å². The van der Waals surface area contributed by atoms with Gasteiger partial charge >= 0.3 is 0 Å².